The average molecular weight is 358 g/mol. The van der Waals surface area contributed by atoms with Gasteiger partial charge < -0.3 is 14.2 Å². The fraction of sp³-hybridized carbons (Fsp3) is 0.524. The topological polar surface area (TPSA) is 61.8 Å². The van der Waals surface area contributed by atoms with Crippen molar-refractivity contribution in [1.82, 2.24) is 0 Å². The van der Waals surface area contributed by atoms with Gasteiger partial charge in [-0.25, -0.2) is 4.79 Å². The van der Waals surface area contributed by atoms with Crippen molar-refractivity contribution in [2.45, 2.75) is 57.8 Å². The van der Waals surface area contributed by atoms with Gasteiger partial charge in [-0.2, -0.15) is 0 Å². The van der Waals surface area contributed by atoms with E-state index in [1.807, 2.05) is 51.1 Å². The molecule has 1 fully saturated rings. The first-order chi connectivity index (χ1) is 12.3. The molecule has 1 aliphatic heterocycles. The molecule has 1 aliphatic carbocycles. The van der Waals surface area contributed by atoms with Crippen molar-refractivity contribution in [3.8, 4) is 0 Å². The van der Waals surface area contributed by atoms with Gasteiger partial charge in [-0.15, -0.1) is 0 Å². The first-order valence-corrected chi connectivity index (χ1v) is 9.12. The van der Waals surface area contributed by atoms with Crippen LogP contribution in [0.15, 0.2) is 36.6 Å². The lowest BCUT2D eigenvalue weighted by Gasteiger charge is -2.37. The quantitative estimate of drug-likeness (QED) is 0.771. The first-order valence-electron chi connectivity index (χ1n) is 9.12. The van der Waals surface area contributed by atoms with Crippen LogP contribution in [0.25, 0.3) is 5.57 Å². The zero-order valence-electron chi connectivity index (χ0n) is 15.6. The SMILES string of the molecule is CC(C)(C)OC(=O)COC1CCC2C(=O)C(c3ccccc3)=COC2C1. The van der Waals surface area contributed by atoms with Gasteiger partial charge in [0, 0.05) is 6.42 Å². The van der Waals surface area contributed by atoms with E-state index in [-0.39, 0.29) is 36.5 Å². The van der Waals surface area contributed by atoms with Crippen LogP contribution in [0, 0.1) is 5.92 Å². The molecule has 0 radical (unpaired) electrons. The molecular formula is C21H26O5. The summed E-state index contributed by atoms with van der Waals surface area (Å²) in [6, 6.07) is 9.59. The third-order valence-corrected chi connectivity index (χ3v) is 4.65. The minimum Gasteiger partial charge on any atom is -0.496 e. The highest BCUT2D eigenvalue weighted by molar-refractivity contribution is 6.22. The molecule has 0 aromatic heterocycles. The van der Waals surface area contributed by atoms with Crippen LogP contribution in [0.4, 0.5) is 0 Å². The van der Waals surface area contributed by atoms with Crippen molar-refractivity contribution in [3.05, 3.63) is 42.2 Å². The minimum atomic E-state index is -0.518. The fourth-order valence-corrected chi connectivity index (χ4v) is 3.49. The Balaban J connectivity index is 1.57. The molecule has 0 bridgehead atoms. The van der Waals surface area contributed by atoms with Gasteiger partial charge in [-0.05, 0) is 39.2 Å². The van der Waals surface area contributed by atoms with Crippen molar-refractivity contribution in [2.24, 2.45) is 5.92 Å². The fourth-order valence-electron chi connectivity index (χ4n) is 3.49. The Hall–Kier alpha value is -2.14. The van der Waals surface area contributed by atoms with Gasteiger partial charge in [0.1, 0.15) is 18.3 Å². The summed E-state index contributed by atoms with van der Waals surface area (Å²) < 4.78 is 16.8. The van der Waals surface area contributed by atoms with Crippen LogP contribution in [-0.4, -0.2) is 36.2 Å². The lowest BCUT2D eigenvalue weighted by atomic mass is 9.78. The number of esters is 1. The summed E-state index contributed by atoms with van der Waals surface area (Å²) in [6.45, 7) is 5.41. The molecule has 1 aromatic carbocycles. The number of benzene rings is 1. The van der Waals surface area contributed by atoms with Gasteiger partial charge in [-0.3, -0.25) is 4.79 Å². The molecule has 140 valence electrons. The molecule has 0 N–H and O–H groups in total. The number of hydrogen-bond donors (Lipinski definition) is 0. The lowest BCUT2D eigenvalue weighted by molar-refractivity contribution is -0.164. The molecular weight excluding hydrogens is 332 g/mol. The van der Waals surface area contributed by atoms with E-state index in [4.69, 9.17) is 14.2 Å². The normalized spacial score (nSPS) is 25.7. The molecule has 0 spiro atoms. The average Bonchev–Trinajstić information content (AvgIpc) is 2.59. The predicted octanol–water partition coefficient (Wildman–Crippen LogP) is 3.52. The summed E-state index contributed by atoms with van der Waals surface area (Å²) in [7, 11) is 0. The molecule has 5 heteroatoms. The second-order valence-electron chi connectivity index (χ2n) is 7.88. The van der Waals surface area contributed by atoms with Crippen molar-refractivity contribution < 1.29 is 23.8 Å². The van der Waals surface area contributed by atoms with Gasteiger partial charge in [0.25, 0.3) is 0 Å². The summed E-state index contributed by atoms with van der Waals surface area (Å²) in [5.41, 5.74) is 1.01. The number of allylic oxidation sites excluding steroid dienone is 1. The third kappa shape index (κ3) is 4.52. The second kappa shape index (κ2) is 7.62. The Morgan fingerprint density at radius 2 is 1.92 bits per heavy atom. The molecule has 1 heterocycles. The monoisotopic (exact) mass is 358 g/mol. The number of fused-ring (bicyclic) bond motifs is 1. The van der Waals surface area contributed by atoms with E-state index in [1.54, 1.807) is 6.26 Å². The summed E-state index contributed by atoms with van der Waals surface area (Å²) in [5, 5.41) is 0. The highest BCUT2D eigenvalue weighted by Crippen LogP contribution is 2.37. The number of carbonyl (C=O) groups is 2. The number of ketones is 1. The molecule has 3 unspecified atom stereocenters. The highest BCUT2D eigenvalue weighted by Gasteiger charge is 2.40. The Kier molecular flexibility index (Phi) is 5.47. The number of ether oxygens (including phenoxy) is 3. The molecule has 0 saturated heterocycles. The van der Waals surface area contributed by atoms with E-state index in [0.29, 0.717) is 18.4 Å². The number of Topliss-reactive ketones (excluding diaryl/α,β-unsaturated/α-hetero) is 1. The van der Waals surface area contributed by atoms with Crippen LogP contribution in [0.3, 0.4) is 0 Å². The zero-order valence-corrected chi connectivity index (χ0v) is 15.6. The van der Waals surface area contributed by atoms with Crippen LogP contribution in [-0.2, 0) is 23.8 Å². The largest absolute Gasteiger partial charge is 0.496 e. The Morgan fingerprint density at radius 3 is 2.62 bits per heavy atom. The molecule has 3 atom stereocenters. The van der Waals surface area contributed by atoms with Crippen molar-refractivity contribution in [2.75, 3.05) is 6.61 Å². The molecule has 2 aliphatic rings. The van der Waals surface area contributed by atoms with Gasteiger partial charge in [0.15, 0.2) is 5.78 Å². The predicted molar refractivity (Wildman–Crippen MR) is 97.2 cm³/mol. The number of hydrogen-bond acceptors (Lipinski definition) is 5. The van der Waals surface area contributed by atoms with E-state index in [0.717, 1.165) is 12.0 Å². The summed E-state index contributed by atoms with van der Waals surface area (Å²) >= 11 is 0. The van der Waals surface area contributed by atoms with Crippen LogP contribution >= 0.6 is 0 Å². The Morgan fingerprint density at radius 1 is 1.19 bits per heavy atom. The van der Waals surface area contributed by atoms with Crippen LogP contribution in [0.1, 0.15) is 45.6 Å². The summed E-state index contributed by atoms with van der Waals surface area (Å²) in [4.78, 5) is 24.6. The van der Waals surface area contributed by atoms with Crippen LogP contribution < -0.4 is 0 Å². The molecule has 26 heavy (non-hydrogen) atoms. The molecule has 3 rings (SSSR count). The molecule has 1 saturated carbocycles. The number of rotatable bonds is 4. The summed E-state index contributed by atoms with van der Waals surface area (Å²) in [5.74, 6) is -0.374. The minimum absolute atomic E-state index is 0.0711. The van der Waals surface area contributed by atoms with E-state index in [9.17, 15) is 9.59 Å². The maximum absolute atomic E-state index is 12.8. The smallest absolute Gasteiger partial charge is 0.332 e. The highest BCUT2D eigenvalue weighted by atomic mass is 16.6. The van der Waals surface area contributed by atoms with Gasteiger partial charge >= 0.3 is 5.97 Å². The van der Waals surface area contributed by atoms with E-state index in [2.05, 4.69) is 0 Å². The standard InChI is InChI=1S/C21H26O5/c1-21(2,3)26-19(22)13-24-15-9-10-16-18(11-15)25-12-17(20(16)23)14-7-5-4-6-8-14/h4-8,12,15-16,18H,9-11,13H2,1-3H3. The van der Waals surface area contributed by atoms with Crippen LogP contribution in [0.2, 0.25) is 0 Å². The molecule has 1 aromatic rings. The van der Waals surface area contributed by atoms with E-state index >= 15 is 0 Å². The van der Waals surface area contributed by atoms with E-state index < -0.39 is 5.60 Å². The van der Waals surface area contributed by atoms with Crippen molar-refractivity contribution in [1.29, 1.82) is 0 Å². The van der Waals surface area contributed by atoms with Crippen LogP contribution in [0.5, 0.6) is 0 Å². The maximum Gasteiger partial charge on any atom is 0.332 e. The van der Waals surface area contributed by atoms with Gasteiger partial charge in [-0.1, -0.05) is 30.3 Å². The maximum atomic E-state index is 12.8. The molecule has 0 amide bonds. The van der Waals surface area contributed by atoms with Crippen molar-refractivity contribution >= 4 is 17.3 Å². The van der Waals surface area contributed by atoms with Gasteiger partial charge in [0.2, 0.25) is 0 Å². The first kappa shape index (κ1) is 18.6. The zero-order chi connectivity index (χ0) is 18.7. The molecule has 5 nitrogen and oxygen atoms in total. The number of carbonyl (C=O) groups excluding carboxylic acids is 2. The second-order valence-corrected chi connectivity index (χ2v) is 7.88. The Labute approximate surface area is 154 Å². The summed E-state index contributed by atoms with van der Waals surface area (Å²) in [6.07, 6.45) is 3.34. The Bertz CT molecular complexity index is 686. The van der Waals surface area contributed by atoms with Gasteiger partial charge in [0.05, 0.1) is 23.9 Å². The third-order valence-electron chi connectivity index (χ3n) is 4.65. The lowest BCUT2D eigenvalue weighted by Crippen LogP contribution is -2.42. The van der Waals surface area contributed by atoms with E-state index in [1.165, 1.54) is 0 Å². The van der Waals surface area contributed by atoms with Crippen molar-refractivity contribution in [3.63, 3.8) is 0 Å².